The summed E-state index contributed by atoms with van der Waals surface area (Å²) >= 11 is 0. The van der Waals surface area contributed by atoms with E-state index in [0.29, 0.717) is 12.0 Å². The van der Waals surface area contributed by atoms with Gasteiger partial charge in [0.25, 0.3) is 0 Å². The fourth-order valence-corrected chi connectivity index (χ4v) is 5.14. The molecule has 5 nitrogen and oxygen atoms in total. The molecule has 0 aromatic carbocycles. The molecular weight excluding hydrogens is 277 g/mol. The van der Waals surface area contributed by atoms with Crippen molar-refractivity contribution < 1.29 is 18.1 Å². The van der Waals surface area contributed by atoms with Gasteiger partial charge in [-0.3, -0.25) is 13.9 Å². The van der Waals surface area contributed by atoms with E-state index in [9.17, 15) is 4.57 Å². The molecule has 2 aliphatic heterocycles. The lowest BCUT2D eigenvalue weighted by Crippen LogP contribution is -2.30. The Labute approximate surface area is 120 Å². The van der Waals surface area contributed by atoms with E-state index in [-0.39, 0.29) is 12.2 Å². The third-order valence-electron chi connectivity index (χ3n) is 4.47. The summed E-state index contributed by atoms with van der Waals surface area (Å²) in [7, 11) is -1.31. The minimum Gasteiger partial charge on any atom is -0.409 e. The van der Waals surface area contributed by atoms with E-state index in [1.54, 1.807) is 0 Å². The molecule has 0 N–H and O–H groups in total. The Bertz CT molecular complexity index is 438. The maximum atomic E-state index is 12.6. The molecular formula is C14H24NO4P. The normalized spacial score (nSPS) is 45.9. The van der Waals surface area contributed by atoms with E-state index >= 15 is 0 Å². The van der Waals surface area contributed by atoms with E-state index in [1.165, 1.54) is 6.42 Å². The molecule has 0 radical (unpaired) electrons. The molecule has 1 aliphatic carbocycles. The first-order valence-electron chi connectivity index (χ1n) is 7.52. The average Bonchev–Trinajstić information content (AvgIpc) is 2.68. The summed E-state index contributed by atoms with van der Waals surface area (Å²) in [5, 5.41) is 0. The summed E-state index contributed by atoms with van der Waals surface area (Å²) in [6.45, 7) is 4.94. The Morgan fingerprint density at radius 3 is 2.70 bits per heavy atom. The molecule has 0 bridgehead atoms. The highest BCUT2D eigenvalue weighted by Crippen LogP contribution is 2.57. The second-order valence-corrected chi connectivity index (χ2v) is 7.80. The molecule has 20 heavy (non-hydrogen) atoms. The van der Waals surface area contributed by atoms with Gasteiger partial charge in [0, 0.05) is 18.9 Å². The number of phosphoric ester groups is 1. The zero-order valence-electron chi connectivity index (χ0n) is 12.4. The molecule has 0 aromatic rings. The summed E-state index contributed by atoms with van der Waals surface area (Å²) in [5.41, 5.74) is 0. The number of phosphoric acid groups is 1. The van der Waals surface area contributed by atoms with Gasteiger partial charge in [-0.15, -0.1) is 0 Å². The van der Waals surface area contributed by atoms with E-state index in [0.717, 1.165) is 31.6 Å². The Morgan fingerprint density at radius 1 is 1.30 bits per heavy atom. The van der Waals surface area contributed by atoms with Crippen LogP contribution in [-0.4, -0.2) is 36.7 Å². The van der Waals surface area contributed by atoms with Crippen LogP contribution in [0.4, 0.5) is 0 Å². The van der Waals surface area contributed by atoms with Crippen LogP contribution >= 0.6 is 7.82 Å². The van der Waals surface area contributed by atoms with Crippen molar-refractivity contribution in [3.63, 3.8) is 0 Å². The first kappa shape index (κ1) is 14.6. The molecule has 4 unspecified atom stereocenters. The van der Waals surface area contributed by atoms with Gasteiger partial charge in [0.1, 0.15) is 5.76 Å². The predicted octanol–water partition coefficient (Wildman–Crippen LogP) is 3.32. The SMILES string of the molecule is CC1CC(C)OP(=O)(OC2=CC3C(CC2)CCN3C)O1. The zero-order chi connectivity index (χ0) is 14.3. The van der Waals surface area contributed by atoms with Crippen LogP contribution in [0.2, 0.25) is 0 Å². The smallest absolute Gasteiger partial charge is 0.409 e. The van der Waals surface area contributed by atoms with Crippen molar-refractivity contribution >= 4 is 7.82 Å². The summed E-state index contributed by atoms with van der Waals surface area (Å²) in [6.07, 6.45) is 5.84. The molecule has 2 heterocycles. The van der Waals surface area contributed by atoms with E-state index < -0.39 is 7.82 Å². The molecule has 3 aliphatic rings. The van der Waals surface area contributed by atoms with Gasteiger partial charge in [-0.2, -0.15) is 0 Å². The Morgan fingerprint density at radius 2 is 2.00 bits per heavy atom. The first-order valence-corrected chi connectivity index (χ1v) is 8.98. The highest BCUT2D eigenvalue weighted by atomic mass is 31.2. The minimum atomic E-state index is -3.44. The largest absolute Gasteiger partial charge is 0.530 e. The van der Waals surface area contributed by atoms with Crippen LogP contribution in [0.5, 0.6) is 0 Å². The molecule has 2 saturated heterocycles. The topological polar surface area (TPSA) is 48.0 Å². The van der Waals surface area contributed by atoms with Gasteiger partial charge in [0.05, 0.1) is 12.2 Å². The maximum Gasteiger partial charge on any atom is 0.530 e. The number of fused-ring (bicyclic) bond motifs is 1. The number of allylic oxidation sites excluding steroid dienone is 1. The molecule has 0 amide bonds. The monoisotopic (exact) mass is 301 g/mol. The molecule has 0 spiro atoms. The molecule has 6 heteroatoms. The zero-order valence-corrected chi connectivity index (χ0v) is 13.3. The number of hydrogen-bond acceptors (Lipinski definition) is 5. The van der Waals surface area contributed by atoms with Crippen molar-refractivity contribution in [3.8, 4) is 0 Å². The number of nitrogens with zero attached hydrogens (tertiary/aromatic N) is 1. The second kappa shape index (κ2) is 5.45. The number of likely N-dealkylation sites (tertiary alicyclic amines) is 1. The lowest BCUT2D eigenvalue weighted by molar-refractivity contribution is 0.0104. The van der Waals surface area contributed by atoms with Crippen LogP contribution in [0.15, 0.2) is 11.8 Å². The van der Waals surface area contributed by atoms with Crippen molar-refractivity contribution in [1.82, 2.24) is 4.90 Å². The molecule has 2 fully saturated rings. The quantitative estimate of drug-likeness (QED) is 0.732. The fraction of sp³-hybridized carbons (Fsp3) is 0.857. The molecule has 4 atom stereocenters. The highest BCUT2D eigenvalue weighted by Gasteiger charge is 2.41. The summed E-state index contributed by atoms with van der Waals surface area (Å²) < 4.78 is 29.1. The van der Waals surface area contributed by atoms with Crippen molar-refractivity contribution in [2.24, 2.45) is 5.92 Å². The van der Waals surface area contributed by atoms with Gasteiger partial charge < -0.3 is 4.52 Å². The van der Waals surface area contributed by atoms with E-state index in [1.807, 2.05) is 13.8 Å². The lowest BCUT2D eigenvalue weighted by Gasteiger charge is -2.33. The van der Waals surface area contributed by atoms with Crippen molar-refractivity contribution in [1.29, 1.82) is 0 Å². The second-order valence-electron chi connectivity index (χ2n) is 6.30. The Hall–Kier alpha value is -0.350. The van der Waals surface area contributed by atoms with Gasteiger partial charge in [0.2, 0.25) is 0 Å². The van der Waals surface area contributed by atoms with Crippen LogP contribution in [0, 0.1) is 5.92 Å². The van der Waals surface area contributed by atoms with Gasteiger partial charge in [-0.25, -0.2) is 4.57 Å². The standard InChI is InChI=1S/C14H24NO4P/c1-10-8-11(2)18-20(16,17-10)19-13-5-4-12-6-7-15(3)14(12)9-13/h9-12,14H,4-8H2,1-3H3. The Kier molecular flexibility index (Phi) is 3.97. The predicted molar refractivity (Wildman–Crippen MR) is 76.2 cm³/mol. The highest BCUT2D eigenvalue weighted by molar-refractivity contribution is 7.48. The van der Waals surface area contributed by atoms with Gasteiger partial charge >= 0.3 is 7.82 Å². The van der Waals surface area contributed by atoms with Gasteiger partial charge in [-0.1, -0.05) is 0 Å². The van der Waals surface area contributed by atoms with Crippen molar-refractivity contribution in [3.05, 3.63) is 11.8 Å². The van der Waals surface area contributed by atoms with Crippen LogP contribution < -0.4 is 0 Å². The van der Waals surface area contributed by atoms with Crippen LogP contribution in [0.25, 0.3) is 0 Å². The van der Waals surface area contributed by atoms with Gasteiger partial charge in [0.15, 0.2) is 0 Å². The van der Waals surface area contributed by atoms with Gasteiger partial charge in [-0.05, 0) is 52.3 Å². The number of rotatable bonds is 2. The first-order chi connectivity index (χ1) is 9.45. The van der Waals surface area contributed by atoms with E-state index in [4.69, 9.17) is 13.6 Å². The maximum absolute atomic E-state index is 12.6. The molecule has 0 saturated carbocycles. The Balaban J connectivity index is 1.71. The van der Waals surface area contributed by atoms with Crippen LogP contribution in [-0.2, 0) is 18.1 Å². The van der Waals surface area contributed by atoms with Crippen molar-refractivity contribution in [2.75, 3.05) is 13.6 Å². The van der Waals surface area contributed by atoms with Crippen LogP contribution in [0.3, 0.4) is 0 Å². The summed E-state index contributed by atoms with van der Waals surface area (Å²) in [4.78, 5) is 2.33. The van der Waals surface area contributed by atoms with E-state index in [2.05, 4.69) is 18.0 Å². The third kappa shape index (κ3) is 2.96. The average molecular weight is 301 g/mol. The third-order valence-corrected chi connectivity index (χ3v) is 6.17. The minimum absolute atomic E-state index is 0.0873. The molecule has 3 rings (SSSR count). The number of likely N-dealkylation sites (N-methyl/N-ethyl adjacent to an activating group) is 1. The van der Waals surface area contributed by atoms with Crippen LogP contribution in [0.1, 0.15) is 39.5 Å². The van der Waals surface area contributed by atoms with Crippen molar-refractivity contribution in [2.45, 2.75) is 57.8 Å². The summed E-state index contributed by atoms with van der Waals surface area (Å²) in [5.74, 6) is 1.48. The fourth-order valence-electron chi connectivity index (χ4n) is 3.51. The molecule has 0 aromatic heterocycles. The lowest BCUT2D eigenvalue weighted by atomic mass is 9.89. The molecule has 114 valence electrons. The summed E-state index contributed by atoms with van der Waals surface area (Å²) in [6, 6.07) is 0.407. The number of hydrogen-bond donors (Lipinski definition) is 0.